The van der Waals surface area contributed by atoms with Gasteiger partial charge in [-0.3, -0.25) is 4.79 Å². The Balaban J connectivity index is 3.35. The van der Waals surface area contributed by atoms with Crippen LogP contribution in [0.15, 0.2) is 12.2 Å². The van der Waals surface area contributed by atoms with Gasteiger partial charge < -0.3 is 14.9 Å². The lowest BCUT2D eigenvalue weighted by Gasteiger charge is -2.08. The van der Waals surface area contributed by atoms with E-state index in [1.807, 2.05) is 0 Å². The van der Waals surface area contributed by atoms with Gasteiger partial charge in [-0.15, -0.1) is 0 Å². The Kier molecular flexibility index (Phi) is 14.4. The summed E-state index contributed by atoms with van der Waals surface area (Å²) in [6.07, 6.45) is 13.6. The Bertz CT molecular complexity index is 289. The maximum absolute atomic E-state index is 11.0. The molecule has 0 spiro atoms. The van der Waals surface area contributed by atoms with Gasteiger partial charge in [-0.2, -0.15) is 0 Å². The SMILES string of the molecule is CCCC(O)CCC/C=C\CCCCCC(O)CC(=O)OC. The predicted molar refractivity (Wildman–Crippen MR) is 89.6 cm³/mol. The first kappa shape index (κ1) is 21.1. The number of carbonyl (C=O) groups is 1. The fourth-order valence-corrected chi connectivity index (χ4v) is 2.38. The number of hydrogen-bond donors (Lipinski definition) is 2. The van der Waals surface area contributed by atoms with E-state index in [1.165, 1.54) is 7.11 Å². The molecule has 0 saturated carbocycles. The van der Waals surface area contributed by atoms with E-state index < -0.39 is 6.10 Å². The van der Waals surface area contributed by atoms with Crippen molar-refractivity contribution in [2.75, 3.05) is 7.11 Å². The molecule has 0 aliphatic heterocycles. The first-order valence-corrected chi connectivity index (χ1v) is 8.68. The fourth-order valence-electron chi connectivity index (χ4n) is 2.38. The smallest absolute Gasteiger partial charge is 0.308 e. The average Bonchev–Trinajstić information content (AvgIpc) is 2.49. The molecule has 0 aromatic rings. The molecule has 2 N–H and O–H groups in total. The molecule has 0 bridgehead atoms. The molecule has 0 radical (unpaired) electrons. The monoisotopic (exact) mass is 314 g/mol. The average molecular weight is 314 g/mol. The van der Waals surface area contributed by atoms with E-state index in [0.717, 1.165) is 57.8 Å². The molecular formula is C18H34O4. The Hall–Kier alpha value is -0.870. The molecule has 0 aliphatic carbocycles. The minimum Gasteiger partial charge on any atom is -0.469 e. The normalized spacial score (nSPS) is 14.2. The molecule has 4 heteroatoms. The maximum atomic E-state index is 11.0. The van der Waals surface area contributed by atoms with Gasteiger partial charge in [0.25, 0.3) is 0 Å². The van der Waals surface area contributed by atoms with E-state index in [1.54, 1.807) is 0 Å². The number of allylic oxidation sites excluding steroid dienone is 2. The zero-order valence-electron chi connectivity index (χ0n) is 14.3. The molecule has 0 heterocycles. The van der Waals surface area contributed by atoms with Crippen LogP contribution >= 0.6 is 0 Å². The summed E-state index contributed by atoms with van der Waals surface area (Å²) in [4.78, 5) is 11.0. The number of hydrogen-bond acceptors (Lipinski definition) is 4. The lowest BCUT2D eigenvalue weighted by Crippen LogP contribution is -2.14. The number of ether oxygens (including phenoxy) is 1. The summed E-state index contributed by atoms with van der Waals surface area (Å²) in [6, 6.07) is 0. The summed E-state index contributed by atoms with van der Waals surface area (Å²) in [7, 11) is 1.34. The highest BCUT2D eigenvalue weighted by molar-refractivity contribution is 5.69. The first-order chi connectivity index (χ1) is 10.6. The molecule has 0 aromatic carbocycles. The third-order valence-corrected chi connectivity index (χ3v) is 3.73. The molecule has 0 rings (SSSR count). The topological polar surface area (TPSA) is 66.8 Å². The van der Waals surface area contributed by atoms with Crippen molar-refractivity contribution in [3.63, 3.8) is 0 Å². The number of aliphatic hydroxyl groups is 2. The number of esters is 1. The minimum absolute atomic E-state index is 0.0975. The molecule has 22 heavy (non-hydrogen) atoms. The summed E-state index contributed by atoms with van der Waals surface area (Å²) < 4.78 is 4.52. The van der Waals surface area contributed by atoms with Crippen LogP contribution in [0.2, 0.25) is 0 Å². The van der Waals surface area contributed by atoms with Gasteiger partial charge in [0.05, 0.1) is 25.7 Å². The van der Waals surface area contributed by atoms with Gasteiger partial charge in [-0.05, 0) is 44.9 Å². The molecule has 0 aliphatic rings. The van der Waals surface area contributed by atoms with Gasteiger partial charge in [0.15, 0.2) is 0 Å². The van der Waals surface area contributed by atoms with Crippen molar-refractivity contribution in [3.8, 4) is 0 Å². The zero-order valence-corrected chi connectivity index (χ0v) is 14.3. The molecule has 2 atom stereocenters. The van der Waals surface area contributed by atoms with Crippen molar-refractivity contribution in [3.05, 3.63) is 12.2 Å². The van der Waals surface area contributed by atoms with E-state index in [2.05, 4.69) is 23.8 Å². The molecule has 0 amide bonds. The summed E-state index contributed by atoms with van der Waals surface area (Å²) in [5.74, 6) is -0.348. The van der Waals surface area contributed by atoms with E-state index in [9.17, 15) is 15.0 Å². The number of methoxy groups -OCH3 is 1. The van der Waals surface area contributed by atoms with Crippen LogP contribution in [0.1, 0.15) is 77.6 Å². The van der Waals surface area contributed by atoms with Crippen molar-refractivity contribution >= 4 is 5.97 Å². The quantitative estimate of drug-likeness (QED) is 0.291. The Morgan fingerprint density at radius 1 is 0.955 bits per heavy atom. The standard InChI is InChI=1S/C18H34O4/c1-3-12-16(19)13-10-8-6-4-5-7-9-11-14-17(20)15-18(21)22-2/h4,6,16-17,19-20H,3,5,7-15H2,1-2H3/b6-4-. The van der Waals surface area contributed by atoms with E-state index in [4.69, 9.17) is 0 Å². The largest absolute Gasteiger partial charge is 0.469 e. The maximum Gasteiger partial charge on any atom is 0.308 e. The van der Waals surface area contributed by atoms with Gasteiger partial charge >= 0.3 is 5.97 Å². The summed E-state index contributed by atoms with van der Waals surface area (Å²) in [5.41, 5.74) is 0. The predicted octanol–water partition coefficient (Wildman–Crippen LogP) is 3.75. The highest BCUT2D eigenvalue weighted by Crippen LogP contribution is 2.10. The highest BCUT2D eigenvalue weighted by atomic mass is 16.5. The molecule has 0 fully saturated rings. The van der Waals surface area contributed by atoms with Gasteiger partial charge in [-0.25, -0.2) is 0 Å². The lowest BCUT2D eigenvalue weighted by atomic mass is 10.1. The summed E-state index contributed by atoms with van der Waals surface area (Å²) in [5, 5.41) is 19.2. The van der Waals surface area contributed by atoms with Crippen LogP contribution in [0.25, 0.3) is 0 Å². The van der Waals surface area contributed by atoms with E-state index >= 15 is 0 Å². The van der Waals surface area contributed by atoms with E-state index in [0.29, 0.717) is 6.42 Å². The number of carbonyl (C=O) groups excluding carboxylic acids is 1. The highest BCUT2D eigenvalue weighted by Gasteiger charge is 2.09. The van der Waals surface area contributed by atoms with Crippen molar-refractivity contribution in [2.45, 2.75) is 89.8 Å². The Morgan fingerprint density at radius 2 is 1.59 bits per heavy atom. The van der Waals surface area contributed by atoms with Crippen molar-refractivity contribution in [1.29, 1.82) is 0 Å². The first-order valence-electron chi connectivity index (χ1n) is 8.68. The van der Waals surface area contributed by atoms with Gasteiger partial charge in [0.2, 0.25) is 0 Å². The van der Waals surface area contributed by atoms with Crippen molar-refractivity contribution in [2.24, 2.45) is 0 Å². The third-order valence-electron chi connectivity index (χ3n) is 3.73. The van der Waals surface area contributed by atoms with Crippen LogP contribution in [-0.4, -0.2) is 35.5 Å². The van der Waals surface area contributed by atoms with Crippen LogP contribution in [0.3, 0.4) is 0 Å². The van der Waals surface area contributed by atoms with Gasteiger partial charge in [0.1, 0.15) is 0 Å². The number of unbranched alkanes of at least 4 members (excludes halogenated alkanes) is 4. The second-order valence-corrected chi connectivity index (χ2v) is 5.92. The van der Waals surface area contributed by atoms with Crippen molar-refractivity contribution in [1.82, 2.24) is 0 Å². The number of rotatable bonds is 14. The van der Waals surface area contributed by atoms with Gasteiger partial charge in [0, 0.05) is 0 Å². The lowest BCUT2D eigenvalue weighted by molar-refractivity contribution is -0.142. The second-order valence-electron chi connectivity index (χ2n) is 5.92. The van der Waals surface area contributed by atoms with E-state index in [-0.39, 0.29) is 18.5 Å². The molecule has 0 saturated heterocycles. The van der Waals surface area contributed by atoms with Crippen LogP contribution < -0.4 is 0 Å². The van der Waals surface area contributed by atoms with Gasteiger partial charge in [-0.1, -0.05) is 38.3 Å². The Morgan fingerprint density at radius 3 is 2.23 bits per heavy atom. The molecule has 130 valence electrons. The fraction of sp³-hybridized carbons (Fsp3) is 0.833. The summed E-state index contributed by atoms with van der Waals surface area (Å²) in [6.45, 7) is 2.09. The third kappa shape index (κ3) is 14.1. The second kappa shape index (κ2) is 15.0. The van der Waals surface area contributed by atoms with Crippen LogP contribution in [0, 0.1) is 0 Å². The Labute approximate surface area is 135 Å². The van der Waals surface area contributed by atoms with Crippen molar-refractivity contribution < 1.29 is 19.7 Å². The summed E-state index contributed by atoms with van der Waals surface area (Å²) >= 11 is 0. The van der Waals surface area contributed by atoms with Crippen LogP contribution in [-0.2, 0) is 9.53 Å². The molecular weight excluding hydrogens is 280 g/mol. The van der Waals surface area contributed by atoms with Crippen LogP contribution in [0.4, 0.5) is 0 Å². The molecule has 0 aromatic heterocycles. The van der Waals surface area contributed by atoms with Crippen LogP contribution in [0.5, 0.6) is 0 Å². The molecule has 4 nitrogen and oxygen atoms in total. The zero-order chi connectivity index (χ0) is 16.6. The number of aliphatic hydroxyl groups excluding tert-OH is 2. The molecule has 2 unspecified atom stereocenters. The minimum atomic E-state index is -0.572.